The Morgan fingerprint density at radius 1 is 1.35 bits per heavy atom. The predicted molar refractivity (Wildman–Crippen MR) is 93.2 cm³/mol. The molecule has 0 radical (unpaired) electrons. The second kappa shape index (κ2) is 6.70. The molecule has 1 aromatic rings. The van der Waals surface area contributed by atoms with E-state index < -0.39 is 21.7 Å². The smallest absolute Gasteiger partial charge is 0.410 e. The molecule has 0 aliphatic carbocycles. The summed E-state index contributed by atoms with van der Waals surface area (Å²) in [6.45, 7) is 8.14. The van der Waals surface area contributed by atoms with E-state index in [1.54, 1.807) is 24.0 Å². The Hall–Kier alpha value is -0.640. The van der Waals surface area contributed by atoms with Crippen LogP contribution >= 0.6 is 27.3 Å². The molecule has 130 valence electrons. The first-order valence-electron chi connectivity index (χ1n) is 7.26. The van der Waals surface area contributed by atoms with Crippen LogP contribution in [0.1, 0.15) is 27.7 Å². The lowest BCUT2D eigenvalue weighted by atomic mass is 10.2. The first-order valence-corrected chi connectivity index (χ1v) is 10.3. The maximum Gasteiger partial charge on any atom is 0.410 e. The Morgan fingerprint density at radius 2 is 2.00 bits per heavy atom. The number of carbonyl (C=O) groups excluding carboxylic acids is 1. The van der Waals surface area contributed by atoms with Crippen LogP contribution in [0.25, 0.3) is 0 Å². The molecule has 0 saturated carbocycles. The molecule has 1 unspecified atom stereocenters. The van der Waals surface area contributed by atoms with Crippen molar-refractivity contribution in [2.24, 2.45) is 0 Å². The van der Waals surface area contributed by atoms with E-state index in [1.165, 1.54) is 15.6 Å². The minimum Gasteiger partial charge on any atom is -0.444 e. The van der Waals surface area contributed by atoms with E-state index in [9.17, 15) is 13.2 Å². The lowest BCUT2D eigenvalue weighted by molar-refractivity contribution is 0.0143. The van der Waals surface area contributed by atoms with Gasteiger partial charge in [-0.25, -0.2) is 13.2 Å². The minimum atomic E-state index is -3.53. The summed E-state index contributed by atoms with van der Waals surface area (Å²) >= 11 is 4.47. The van der Waals surface area contributed by atoms with Crippen molar-refractivity contribution in [1.82, 2.24) is 9.21 Å². The maximum atomic E-state index is 12.7. The van der Waals surface area contributed by atoms with E-state index in [2.05, 4.69) is 15.9 Å². The SMILES string of the molecule is CC1CN(C(=O)OC(C)(C)C)CCN1S(=O)(=O)c1ccc(Br)s1. The van der Waals surface area contributed by atoms with Crippen molar-refractivity contribution in [3.8, 4) is 0 Å². The van der Waals surface area contributed by atoms with E-state index in [0.29, 0.717) is 17.3 Å². The van der Waals surface area contributed by atoms with Gasteiger partial charge in [0, 0.05) is 25.7 Å². The van der Waals surface area contributed by atoms with Gasteiger partial charge in [0.25, 0.3) is 10.0 Å². The molecule has 0 bridgehead atoms. The highest BCUT2D eigenvalue weighted by atomic mass is 79.9. The molecule has 23 heavy (non-hydrogen) atoms. The number of carbonyl (C=O) groups is 1. The molecular formula is C14H21BrN2O4S2. The van der Waals surface area contributed by atoms with Crippen LogP contribution in [-0.4, -0.2) is 55.0 Å². The number of nitrogens with zero attached hydrogens (tertiary/aromatic N) is 2. The summed E-state index contributed by atoms with van der Waals surface area (Å²) < 4.78 is 33.3. The molecule has 1 aliphatic heterocycles. The van der Waals surface area contributed by atoms with Crippen molar-refractivity contribution >= 4 is 43.4 Å². The van der Waals surface area contributed by atoms with Gasteiger partial charge in [0.15, 0.2) is 0 Å². The average Bonchev–Trinajstić information content (AvgIpc) is 2.83. The van der Waals surface area contributed by atoms with Crippen molar-refractivity contribution in [2.45, 2.75) is 43.5 Å². The van der Waals surface area contributed by atoms with Crippen molar-refractivity contribution in [2.75, 3.05) is 19.6 Å². The van der Waals surface area contributed by atoms with Gasteiger partial charge in [-0.05, 0) is 55.8 Å². The number of thiophene rings is 1. The van der Waals surface area contributed by atoms with Crippen LogP contribution in [-0.2, 0) is 14.8 Å². The van der Waals surface area contributed by atoms with Gasteiger partial charge in [0.2, 0.25) is 0 Å². The number of rotatable bonds is 2. The van der Waals surface area contributed by atoms with E-state index in [4.69, 9.17) is 4.74 Å². The van der Waals surface area contributed by atoms with Gasteiger partial charge in [0.1, 0.15) is 9.81 Å². The standard InChI is InChI=1S/C14H21BrN2O4S2/c1-10-9-16(13(18)21-14(2,3)4)7-8-17(10)23(19,20)12-6-5-11(15)22-12/h5-6,10H,7-9H2,1-4H3. The number of hydrogen-bond donors (Lipinski definition) is 0. The van der Waals surface area contributed by atoms with Crippen LogP contribution < -0.4 is 0 Å². The molecule has 1 amide bonds. The van der Waals surface area contributed by atoms with Gasteiger partial charge in [0.05, 0.1) is 3.79 Å². The number of sulfonamides is 1. The summed E-state index contributed by atoms with van der Waals surface area (Å²) in [5.74, 6) is 0. The van der Waals surface area contributed by atoms with Gasteiger partial charge in [-0.3, -0.25) is 0 Å². The molecule has 1 aliphatic rings. The van der Waals surface area contributed by atoms with Crippen molar-refractivity contribution < 1.29 is 17.9 Å². The predicted octanol–water partition coefficient (Wildman–Crippen LogP) is 3.14. The highest BCUT2D eigenvalue weighted by Crippen LogP contribution is 2.30. The maximum absolute atomic E-state index is 12.7. The zero-order valence-electron chi connectivity index (χ0n) is 13.6. The van der Waals surface area contributed by atoms with Gasteiger partial charge in [-0.2, -0.15) is 4.31 Å². The number of piperazine rings is 1. The van der Waals surface area contributed by atoms with Crippen LogP contribution in [0.5, 0.6) is 0 Å². The van der Waals surface area contributed by atoms with Gasteiger partial charge in [-0.1, -0.05) is 0 Å². The van der Waals surface area contributed by atoms with E-state index in [-0.39, 0.29) is 12.6 Å². The molecule has 1 aromatic heterocycles. The zero-order valence-corrected chi connectivity index (χ0v) is 16.8. The molecule has 0 aromatic carbocycles. The summed E-state index contributed by atoms with van der Waals surface area (Å²) in [6.07, 6.45) is -0.403. The Morgan fingerprint density at radius 3 is 2.48 bits per heavy atom. The molecule has 1 atom stereocenters. The number of hydrogen-bond acceptors (Lipinski definition) is 5. The average molecular weight is 425 g/mol. The van der Waals surface area contributed by atoms with Crippen LogP contribution in [0.4, 0.5) is 4.79 Å². The molecule has 6 nitrogen and oxygen atoms in total. The summed E-state index contributed by atoms with van der Waals surface area (Å²) in [4.78, 5) is 13.7. The molecular weight excluding hydrogens is 404 g/mol. The third kappa shape index (κ3) is 4.46. The lowest BCUT2D eigenvalue weighted by Crippen LogP contribution is -2.55. The van der Waals surface area contributed by atoms with Crippen LogP contribution in [0.15, 0.2) is 20.1 Å². The second-order valence-electron chi connectivity index (χ2n) is 6.45. The van der Waals surface area contributed by atoms with Gasteiger partial charge in [-0.15, -0.1) is 11.3 Å². The summed E-state index contributed by atoms with van der Waals surface area (Å²) in [5, 5.41) is 0. The molecule has 2 heterocycles. The van der Waals surface area contributed by atoms with Crippen LogP contribution in [0, 0.1) is 0 Å². The fraction of sp³-hybridized carbons (Fsp3) is 0.643. The molecule has 1 fully saturated rings. The molecule has 9 heteroatoms. The topological polar surface area (TPSA) is 66.9 Å². The van der Waals surface area contributed by atoms with Crippen LogP contribution in [0.3, 0.4) is 0 Å². The Balaban J connectivity index is 2.08. The zero-order chi connectivity index (χ0) is 17.4. The third-order valence-electron chi connectivity index (χ3n) is 3.33. The molecule has 2 rings (SSSR count). The summed E-state index contributed by atoms with van der Waals surface area (Å²) in [5.41, 5.74) is -0.563. The molecule has 0 spiro atoms. The lowest BCUT2D eigenvalue weighted by Gasteiger charge is -2.39. The Bertz CT molecular complexity index is 681. The number of halogens is 1. The van der Waals surface area contributed by atoms with Gasteiger partial charge < -0.3 is 9.64 Å². The highest BCUT2D eigenvalue weighted by molar-refractivity contribution is 9.11. The first-order chi connectivity index (χ1) is 10.5. The van der Waals surface area contributed by atoms with Crippen LogP contribution in [0.2, 0.25) is 0 Å². The molecule has 1 saturated heterocycles. The van der Waals surface area contributed by atoms with E-state index in [0.717, 1.165) is 3.79 Å². The monoisotopic (exact) mass is 424 g/mol. The fourth-order valence-corrected chi connectivity index (χ4v) is 6.09. The van der Waals surface area contributed by atoms with Crippen molar-refractivity contribution in [3.05, 3.63) is 15.9 Å². The second-order valence-corrected chi connectivity index (χ2v) is 11.0. The largest absolute Gasteiger partial charge is 0.444 e. The minimum absolute atomic E-state index is 0.262. The Labute approximate surface area is 149 Å². The molecule has 0 N–H and O–H groups in total. The Kier molecular flexibility index (Phi) is 5.44. The fourth-order valence-electron chi connectivity index (χ4n) is 2.34. The first kappa shape index (κ1) is 18.7. The quantitative estimate of drug-likeness (QED) is 0.730. The third-order valence-corrected chi connectivity index (χ3v) is 7.43. The van der Waals surface area contributed by atoms with Crippen molar-refractivity contribution in [1.29, 1.82) is 0 Å². The number of amides is 1. The summed E-state index contributed by atoms with van der Waals surface area (Å²) in [7, 11) is -3.53. The normalized spacial score (nSPS) is 20.6. The summed E-state index contributed by atoms with van der Waals surface area (Å²) in [6, 6.07) is 3.01. The van der Waals surface area contributed by atoms with E-state index in [1.807, 2.05) is 20.8 Å². The van der Waals surface area contributed by atoms with Crippen molar-refractivity contribution in [3.63, 3.8) is 0 Å². The van der Waals surface area contributed by atoms with Gasteiger partial charge >= 0.3 is 6.09 Å². The van der Waals surface area contributed by atoms with E-state index >= 15 is 0 Å². The highest BCUT2D eigenvalue weighted by Gasteiger charge is 2.37. The number of ether oxygens (including phenoxy) is 1.